The monoisotopic (exact) mass is 200 g/mol. The van der Waals surface area contributed by atoms with Gasteiger partial charge in [0.05, 0.1) is 11.0 Å². The zero-order valence-corrected chi connectivity index (χ0v) is 9.49. The Hall–Kier alpha value is -1.44. The number of hydrogen-bond acceptors (Lipinski definition) is 2. The summed E-state index contributed by atoms with van der Waals surface area (Å²) in [7, 11) is 0. The second kappa shape index (κ2) is 3.97. The standard InChI is InChI=1S/C13H16N2/c1-4-10-5-6-12-13(15-10)11(9(2)3)7-8-14-12/h5-9H,4H2,1-3H3. The molecule has 0 amide bonds. The van der Waals surface area contributed by atoms with E-state index in [1.165, 1.54) is 5.56 Å². The van der Waals surface area contributed by atoms with Crippen LogP contribution in [0.5, 0.6) is 0 Å². The smallest absolute Gasteiger partial charge is 0.0924 e. The van der Waals surface area contributed by atoms with Gasteiger partial charge in [0, 0.05) is 11.9 Å². The zero-order chi connectivity index (χ0) is 10.8. The Bertz CT molecular complexity index is 475. The van der Waals surface area contributed by atoms with Gasteiger partial charge in [-0.25, -0.2) is 0 Å². The predicted molar refractivity (Wildman–Crippen MR) is 63.0 cm³/mol. The largest absolute Gasteiger partial charge is 0.255 e. The first-order chi connectivity index (χ1) is 7.22. The second-order valence-corrected chi connectivity index (χ2v) is 4.08. The van der Waals surface area contributed by atoms with Crippen molar-refractivity contribution in [3.63, 3.8) is 0 Å². The summed E-state index contributed by atoms with van der Waals surface area (Å²) in [6.07, 6.45) is 2.84. The van der Waals surface area contributed by atoms with Crippen LogP contribution in [0.25, 0.3) is 11.0 Å². The number of nitrogens with zero attached hydrogens (tertiary/aromatic N) is 2. The molecule has 0 unspecified atom stereocenters. The molecule has 0 saturated carbocycles. The highest BCUT2D eigenvalue weighted by Crippen LogP contribution is 2.22. The van der Waals surface area contributed by atoms with Crippen molar-refractivity contribution >= 4 is 11.0 Å². The van der Waals surface area contributed by atoms with E-state index < -0.39 is 0 Å². The van der Waals surface area contributed by atoms with Gasteiger partial charge < -0.3 is 0 Å². The van der Waals surface area contributed by atoms with Crippen LogP contribution in [0.2, 0.25) is 0 Å². The number of aryl methyl sites for hydroxylation is 1. The molecule has 15 heavy (non-hydrogen) atoms. The molecule has 0 aliphatic heterocycles. The van der Waals surface area contributed by atoms with Gasteiger partial charge in [0.15, 0.2) is 0 Å². The Morgan fingerprint density at radius 2 is 2.00 bits per heavy atom. The van der Waals surface area contributed by atoms with Gasteiger partial charge in [0.1, 0.15) is 0 Å². The van der Waals surface area contributed by atoms with Gasteiger partial charge in [-0.2, -0.15) is 0 Å². The van der Waals surface area contributed by atoms with Crippen molar-refractivity contribution in [2.45, 2.75) is 33.1 Å². The highest BCUT2D eigenvalue weighted by molar-refractivity contribution is 5.78. The Morgan fingerprint density at radius 1 is 1.20 bits per heavy atom. The molecular formula is C13H16N2. The molecule has 0 atom stereocenters. The molecule has 0 fully saturated rings. The average Bonchev–Trinajstić information content (AvgIpc) is 2.27. The topological polar surface area (TPSA) is 25.8 Å². The molecule has 0 saturated heterocycles. The van der Waals surface area contributed by atoms with Crippen molar-refractivity contribution in [1.29, 1.82) is 0 Å². The van der Waals surface area contributed by atoms with Gasteiger partial charge in [-0.3, -0.25) is 9.97 Å². The lowest BCUT2D eigenvalue weighted by molar-refractivity contribution is 0.868. The lowest BCUT2D eigenvalue weighted by Gasteiger charge is -2.09. The number of hydrogen-bond donors (Lipinski definition) is 0. The summed E-state index contributed by atoms with van der Waals surface area (Å²) in [4.78, 5) is 8.99. The van der Waals surface area contributed by atoms with E-state index in [1.807, 2.05) is 6.20 Å². The molecule has 2 heterocycles. The first-order valence-electron chi connectivity index (χ1n) is 5.47. The molecule has 2 nitrogen and oxygen atoms in total. The van der Waals surface area contributed by atoms with E-state index in [4.69, 9.17) is 0 Å². The van der Waals surface area contributed by atoms with Crippen LogP contribution in [-0.4, -0.2) is 9.97 Å². The van der Waals surface area contributed by atoms with E-state index in [0.717, 1.165) is 23.1 Å². The quantitative estimate of drug-likeness (QED) is 0.743. The third kappa shape index (κ3) is 1.84. The van der Waals surface area contributed by atoms with Crippen LogP contribution in [0.15, 0.2) is 24.4 Å². The molecule has 2 aromatic rings. The van der Waals surface area contributed by atoms with Gasteiger partial charge in [0.25, 0.3) is 0 Å². The van der Waals surface area contributed by atoms with Crippen molar-refractivity contribution in [3.8, 4) is 0 Å². The fourth-order valence-corrected chi connectivity index (χ4v) is 1.75. The highest BCUT2D eigenvalue weighted by atomic mass is 14.8. The van der Waals surface area contributed by atoms with Crippen LogP contribution in [0, 0.1) is 0 Å². The van der Waals surface area contributed by atoms with E-state index in [2.05, 4.69) is 48.9 Å². The molecule has 0 aliphatic carbocycles. The minimum Gasteiger partial charge on any atom is -0.255 e. The maximum absolute atomic E-state index is 4.65. The van der Waals surface area contributed by atoms with E-state index >= 15 is 0 Å². The number of rotatable bonds is 2. The molecule has 78 valence electrons. The second-order valence-electron chi connectivity index (χ2n) is 4.08. The third-order valence-electron chi connectivity index (χ3n) is 2.66. The molecule has 0 spiro atoms. The van der Waals surface area contributed by atoms with Crippen molar-refractivity contribution in [2.75, 3.05) is 0 Å². The Morgan fingerprint density at radius 3 is 2.67 bits per heavy atom. The van der Waals surface area contributed by atoms with Crippen LogP contribution < -0.4 is 0 Å². The fourth-order valence-electron chi connectivity index (χ4n) is 1.75. The van der Waals surface area contributed by atoms with Crippen molar-refractivity contribution in [3.05, 3.63) is 35.7 Å². The van der Waals surface area contributed by atoms with Crippen molar-refractivity contribution in [2.24, 2.45) is 0 Å². The Kier molecular flexibility index (Phi) is 2.67. The molecule has 2 aromatic heterocycles. The fraction of sp³-hybridized carbons (Fsp3) is 0.385. The van der Waals surface area contributed by atoms with E-state index in [9.17, 15) is 0 Å². The van der Waals surface area contributed by atoms with Crippen LogP contribution >= 0.6 is 0 Å². The van der Waals surface area contributed by atoms with Crippen LogP contribution in [0.1, 0.15) is 37.9 Å². The summed E-state index contributed by atoms with van der Waals surface area (Å²) in [5, 5.41) is 0. The molecule has 0 aromatic carbocycles. The summed E-state index contributed by atoms with van der Waals surface area (Å²) in [5.41, 5.74) is 4.48. The Labute approximate surface area is 90.4 Å². The number of aromatic nitrogens is 2. The molecular weight excluding hydrogens is 184 g/mol. The first-order valence-corrected chi connectivity index (χ1v) is 5.47. The van der Waals surface area contributed by atoms with E-state index in [1.54, 1.807) is 0 Å². The van der Waals surface area contributed by atoms with E-state index in [-0.39, 0.29) is 0 Å². The van der Waals surface area contributed by atoms with Gasteiger partial charge in [0.2, 0.25) is 0 Å². The molecule has 2 rings (SSSR count). The van der Waals surface area contributed by atoms with Crippen LogP contribution in [-0.2, 0) is 6.42 Å². The molecule has 2 heteroatoms. The van der Waals surface area contributed by atoms with Crippen molar-refractivity contribution < 1.29 is 0 Å². The lowest BCUT2D eigenvalue weighted by Crippen LogP contribution is -1.96. The van der Waals surface area contributed by atoms with Gasteiger partial charge in [-0.1, -0.05) is 20.8 Å². The summed E-state index contributed by atoms with van der Waals surface area (Å²) in [5.74, 6) is 0.495. The van der Waals surface area contributed by atoms with Gasteiger partial charge in [-0.15, -0.1) is 0 Å². The lowest BCUT2D eigenvalue weighted by atomic mass is 10.0. The minimum absolute atomic E-state index is 0.495. The molecule has 0 N–H and O–H groups in total. The number of fused-ring (bicyclic) bond motifs is 1. The highest BCUT2D eigenvalue weighted by Gasteiger charge is 2.07. The van der Waals surface area contributed by atoms with Gasteiger partial charge in [-0.05, 0) is 36.1 Å². The minimum atomic E-state index is 0.495. The van der Waals surface area contributed by atoms with Crippen molar-refractivity contribution in [1.82, 2.24) is 9.97 Å². The maximum atomic E-state index is 4.65. The summed E-state index contributed by atoms with van der Waals surface area (Å²) in [6.45, 7) is 6.50. The predicted octanol–water partition coefficient (Wildman–Crippen LogP) is 3.32. The van der Waals surface area contributed by atoms with Crippen LogP contribution in [0.4, 0.5) is 0 Å². The van der Waals surface area contributed by atoms with Gasteiger partial charge >= 0.3 is 0 Å². The molecule has 0 radical (unpaired) electrons. The molecule has 0 bridgehead atoms. The molecule has 0 aliphatic rings. The third-order valence-corrected chi connectivity index (χ3v) is 2.66. The summed E-state index contributed by atoms with van der Waals surface area (Å²) in [6, 6.07) is 6.19. The normalized spacial score (nSPS) is 11.2. The maximum Gasteiger partial charge on any atom is 0.0924 e. The van der Waals surface area contributed by atoms with Crippen LogP contribution in [0.3, 0.4) is 0 Å². The Balaban J connectivity index is 2.70. The van der Waals surface area contributed by atoms with E-state index in [0.29, 0.717) is 5.92 Å². The summed E-state index contributed by atoms with van der Waals surface area (Å²) >= 11 is 0. The first kappa shape index (κ1) is 10.1. The average molecular weight is 200 g/mol. The summed E-state index contributed by atoms with van der Waals surface area (Å²) < 4.78 is 0. The number of pyridine rings is 2. The SMILES string of the molecule is CCc1ccc2nccc(C(C)C)c2n1. The zero-order valence-electron chi connectivity index (χ0n) is 9.49.